The molecule has 0 aliphatic carbocycles. The number of ether oxygens (including phenoxy) is 1. The van der Waals surface area contributed by atoms with Gasteiger partial charge in [0.15, 0.2) is 0 Å². The van der Waals surface area contributed by atoms with E-state index < -0.39 is 12.1 Å². The lowest BCUT2D eigenvalue weighted by atomic mass is 9.99. The van der Waals surface area contributed by atoms with Gasteiger partial charge in [0.25, 0.3) is 5.91 Å². The Balaban J connectivity index is 1.73. The van der Waals surface area contributed by atoms with E-state index in [2.05, 4.69) is 10.4 Å². The SMILES string of the molecule is Cc1cc(C(=O)Nc2ccc([C@H]3OCC(=O)N(CCN)[C@@H]3CO)cc2)n(C)n1. The topological polar surface area (TPSA) is 123 Å². The molecule has 1 aliphatic heterocycles. The zero-order chi connectivity index (χ0) is 20.3. The minimum Gasteiger partial charge on any atom is -0.394 e. The van der Waals surface area contributed by atoms with Crippen LogP contribution in [0.4, 0.5) is 5.69 Å². The van der Waals surface area contributed by atoms with Crippen molar-refractivity contribution >= 4 is 17.5 Å². The van der Waals surface area contributed by atoms with Crippen LogP contribution in [0.5, 0.6) is 0 Å². The molecule has 0 saturated carbocycles. The van der Waals surface area contributed by atoms with Crippen molar-refractivity contribution in [2.45, 2.75) is 19.1 Å². The molecule has 1 saturated heterocycles. The summed E-state index contributed by atoms with van der Waals surface area (Å²) in [5.41, 5.74) is 8.25. The number of rotatable bonds is 6. The Morgan fingerprint density at radius 2 is 2.11 bits per heavy atom. The van der Waals surface area contributed by atoms with E-state index in [1.165, 1.54) is 4.68 Å². The summed E-state index contributed by atoms with van der Waals surface area (Å²) in [6, 6.07) is 8.37. The first-order chi connectivity index (χ1) is 13.4. The molecular weight excluding hydrogens is 362 g/mol. The number of carbonyl (C=O) groups excluding carboxylic acids is 2. The van der Waals surface area contributed by atoms with E-state index in [0.717, 1.165) is 11.3 Å². The Labute approximate surface area is 163 Å². The number of aryl methyl sites for hydroxylation is 2. The van der Waals surface area contributed by atoms with Crippen molar-refractivity contribution in [3.63, 3.8) is 0 Å². The van der Waals surface area contributed by atoms with E-state index in [1.54, 1.807) is 30.1 Å². The number of carbonyl (C=O) groups is 2. The molecule has 0 radical (unpaired) electrons. The van der Waals surface area contributed by atoms with E-state index in [1.807, 2.05) is 19.1 Å². The molecule has 0 unspecified atom stereocenters. The number of nitrogens with zero attached hydrogens (tertiary/aromatic N) is 3. The lowest BCUT2D eigenvalue weighted by Crippen LogP contribution is -2.54. The fourth-order valence-corrected chi connectivity index (χ4v) is 3.42. The number of benzene rings is 1. The van der Waals surface area contributed by atoms with E-state index in [4.69, 9.17) is 10.5 Å². The van der Waals surface area contributed by atoms with Crippen LogP contribution in [0.15, 0.2) is 30.3 Å². The van der Waals surface area contributed by atoms with Gasteiger partial charge in [-0.15, -0.1) is 0 Å². The maximum atomic E-state index is 12.4. The van der Waals surface area contributed by atoms with Gasteiger partial charge in [-0.2, -0.15) is 5.10 Å². The third-order valence-corrected chi connectivity index (χ3v) is 4.75. The second-order valence-corrected chi connectivity index (χ2v) is 6.73. The number of aliphatic hydroxyl groups excluding tert-OH is 1. The van der Waals surface area contributed by atoms with Crippen molar-refractivity contribution < 1.29 is 19.4 Å². The van der Waals surface area contributed by atoms with Gasteiger partial charge in [-0.1, -0.05) is 12.1 Å². The van der Waals surface area contributed by atoms with Gasteiger partial charge in [-0.3, -0.25) is 14.3 Å². The van der Waals surface area contributed by atoms with Crippen LogP contribution in [0.25, 0.3) is 0 Å². The van der Waals surface area contributed by atoms with Gasteiger partial charge in [0.2, 0.25) is 5.91 Å². The summed E-state index contributed by atoms with van der Waals surface area (Å²) >= 11 is 0. The van der Waals surface area contributed by atoms with Gasteiger partial charge in [0.1, 0.15) is 18.4 Å². The number of aromatic nitrogens is 2. The summed E-state index contributed by atoms with van der Waals surface area (Å²) in [5, 5.41) is 16.8. The molecule has 9 heteroatoms. The average molecular weight is 387 g/mol. The normalized spacial score (nSPS) is 19.7. The smallest absolute Gasteiger partial charge is 0.273 e. The summed E-state index contributed by atoms with van der Waals surface area (Å²) in [4.78, 5) is 26.0. The van der Waals surface area contributed by atoms with Crippen molar-refractivity contribution in [3.8, 4) is 0 Å². The van der Waals surface area contributed by atoms with Crippen LogP contribution >= 0.6 is 0 Å². The molecule has 150 valence electrons. The Morgan fingerprint density at radius 3 is 2.68 bits per heavy atom. The van der Waals surface area contributed by atoms with Crippen molar-refractivity contribution in [2.24, 2.45) is 12.8 Å². The summed E-state index contributed by atoms with van der Waals surface area (Å²) in [5.74, 6) is -0.436. The minimum atomic E-state index is -0.498. The first-order valence-electron chi connectivity index (χ1n) is 9.08. The van der Waals surface area contributed by atoms with Crippen LogP contribution in [-0.4, -0.2) is 63.9 Å². The molecule has 0 spiro atoms. The third kappa shape index (κ3) is 4.06. The third-order valence-electron chi connectivity index (χ3n) is 4.75. The summed E-state index contributed by atoms with van der Waals surface area (Å²) in [6.07, 6.45) is -0.460. The number of morpholine rings is 1. The second-order valence-electron chi connectivity index (χ2n) is 6.73. The second kappa shape index (κ2) is 8.51. The highest BCUT2D eigenvalue weighted by molar-refractivity contribution is 6.03. The summed E-state index contributed by atoms with van der Waals surface area (Å²) in [6.45, 7) is 2.22. The van der Waals surface area contributed by atoms with Gasteiger partial charge >= 0.3 is 0 Å². The molecule has 0 bridgehead atoms. The van der Waals surface area contributed by atoms with Gasteiger partial charge in [-0.25, -0.2) is 0 Å². The molecule has 2 amide bonds. The molecule has 1 fully saturated rings. The molecule has 4 N–H and O–H groups in total. The molecule has 1 aliphatic rings. The Morgan fingerprint density at radius 1 is 1.39 bits per heavy atom. The summed E-state index contributed by atoms with van der Waals surface area (Å²) in [7, 11) is 1.72. The van der Waals surface area contributed by atoms with Crippen LogP contribution < -0.4 is 11.1 Å². The van der Waals surface area contributed by atoms with Crippen LogP contribution in [0, 0.1) is 6.92 Å². The minimum absolute atomic E-state index is 0.0561. The van der Waals surface area contributed by atoms with Crippen molar-refractivity contribution in [2.75, 3.05) is 31.6 Å². The lowest BCUT2D eigenvalue weighted by molar-refractivity contribution is -0.160. The largest absolute Gasteiger partial charge is 0.394 e. The molecule has 3 rings (SSSR count). The number of aliphatic hydroxyl groups is 1. The average Bonchev–Trinajstić information content (AvgIpc) is 3.02. The highest BCUT2D eigenvalue weighted by Crippen LogP contribution is 2.29. The van der Waals surface area contributed by atoms with Gasteiger partial charge in [0.05, 0.1) is 18.3 Å². The van der Waals surface area contributed by atoms with E-state index in [9.17, 15) is 14.7 Å². The molecule has 2 heterocycles. The highest BCUT2D eigenvalue weighted by Gasteiger charge is 2.36. The van der Waals surface area contributed by atoms with E-state index in [-0.39, 0.29) is 25.0 Å². The molecule has 9 nitrogen and oxygen atoms in total. The molecule has 1 aromatic heterocycles. The van der Waals surface area contributed by atoms with Crippen LogP contribution in [-0.2, 0) is 16.6 Å². The van der Waals surface area contributed by atoms with Gasteiger partial charge < -0.3 is 25.8 Å². The monoisotopic (exact) mass is 387 g/mol. The number of nitrogens with two attached hydrogens (primary N) is 1. The van der Waals surface area contributed by atoms with Crippen molar-refractivity contribution in [3.05, 3.63) is 47.3 Å². The zero-order valence-electron chi connectivity index (χ0n) is 16.0. The Kier molecular flexibility index (Phi) is 6.08. The predicted molar refractivity (Wildman–Crippen MR) is 103 cm³/mol. The van der Waals surface area contributed by atoms with Gasteiger partial charge in [0, 0.05) is 25.8 Å². The molecular formula is C19H25N5O4. The molecule has 1 aromatic carbocycles. The first kappa shape index (κ1) is 20.0. The van der Waals surface area contributed by atoms with Crippen molar-refractivity contribution in [1.29, 1.82) is 0 Å². The number of hydrogen-bond donors (Lipinski definition) is 3. The fraction of sp³-hybridized carbons (Fsp3) is 0.421. The standard InChI is InChI=1S/C19H25N5O4/c1-12-9-15(23(2)22-12)19(27)21-14-5-3-13(4-6-14)18-16(10-25)24(8-7-20)17(26)11-28-18/h3-6,9,16,18,25H,7-8,10-11,20H2,1-2H3,(H,21,27)/t16-,18-/m1/s1. The number of amides is 2. The number of anilines is 1. The quantitative estimate of drug-likeness (QED) is 0.651. The zero-order valence-corrected chi connectivity index (χ0v) is 16.0. The van der Waals surface area contributed by atoms with E-state index in [0.29, 0.717) is 24.5 Å². The van der Waals surface area contributed by atoms with Crippen LogP contribution in [0.2, 0.25) is 0 Å². The van der Waals surface area contributed by atoms with Gasteiger partial charge in [-0.05, 0) is 30.7 Å². The Hall–Kier alpha value is -2.75. The molecule has 2 atom stereocenters. The van der Waals surface area contributed by atoms with Crippen LogP contribution in [0.3, 0.4) is 0 Å². The lowest BCUT2D eigenvalue weighted by Gasteiger charge is -2.40. The summed E-state index contributed by atoms with van der Waals surface area (Å²) < 4.78 is 7.21. The maximum absolute atomic E-state index is 12.4. The fourth-order valence-electron chi connectivity index (χ4n) is 3.42. The highest BCUT2D eigenvalue weighted by atomic mass is 16.5. The molecule has 2 aromatic rings. The Bertz CT molecular complexity index is 849. The van der Waals surface area contributed by atoms with Crippen molar-refractivity contribution in [1.82, 2.24) is 14.7 Å². The number of hydrogen-bond acceptors (Lipinski definition) is 6. The first-order valence-corrected chi connectivity index (χ1v) is 9.08. The predicted octanol–water partition coefficient (Wildman–Crippen LogP) is 0.200. The van der Waals surface area contributed by atoms with Crippen LogP contribution in [0.1, 0.15) is 27.8 Å². The number of nitrogens with one attached hydrogen (secondary N) is 1. The maximum Gasteiger partial charge on any atom is 0.273 e. The molecule has 28 heavy (non-hydrogen) atoms. The van der Waals surface area contributed by atoms with E-state index >= 15 is 0 Å².